The third-order valence-corrected chi connectivity index (χ3v) is 8.21. The van der Waals surface area contributed by atoms with Crippen molar-refractivity contribution in [3.8, 4) is 11.4 Å². The van der Waals surface area contributed by atoms with E-state index in [-0.39, 0.29) is 17.0 Å². The lowest BCUT2D eigenvalue weighted by molar-refractivity contribution is -0.123. The summed E-state index contributed by atoms with van der Waals surface area (Å²) in [5, 5.41) is 8.08. The molecule has 0 aliphatic carbocycles. The van der Waals surface area contributed by atoms with E-state index in [0.29, 0.717) is 60.3 Å². The Kier molecular flexibility index (Phi) is 8.17. The van der Waals surface area contributed by atoms with Crippen LogP contribution in [-0.2, 0) is 21.3 Å². The van der Waals surface area contributed by atoms with Crippen molar-refractivity contribution in [3.63, 3.8) is 0 Å². The van der Waals surface area contributed by atoms with Gasteiger partial charge >= 0.3 is 0 Å². The third kappa shape index (κ3) is 6.11. The molecule has 4 rings (SSSR count). The Hall–Kier alpha value is -2.60. The average Bonchev–Trinajstić information content (AvgIpc) is 3.34. The van der Waals surface area contributed by atoms with Crippen molar-refractivity contribution >= 4 is 42.3 Å². The molecule has 37 heavy (non-hydrogen) atoms. The Morgan fingerprint density at radius 2 is 2.11 bits per heavy atom. The van der Waals surface area contributed by atoms with Gasteiger partial charge in [-0.1, -0.05) is 31.2 Å². The number of nitrogens with one attached hydrogen (secondary N) is 1. The molecule has 0 fully saturated rings. The summed E-state index contributed by atoms with van der Waals surface area (Å²) < 4.78 is 27.6. The van der Waals surface area contributed by atoms with Crippen molar-refractivity contribution in [2.45, 2.75) is 44.6 Å². The molecule has 3 aromatic rings. The highest BCUT2D eigenvalue weighted by Gasteiger charge is 2.37. The van der Waals surface area contributed by atoms with Crippen molar-refractivity contribution < 1.29 is 18.7 Å². The summed E-state index contributed by atoms with van der Waals surface area (Å²) in [7, 11) is 2.08. The number of hydrogen-bond donors (Lipinski definition) is 1. The maximum absolute atomic E-state index is 14.9. The van der Waals surface area contributed by atoms with E-state index in [0.717, 1.165) is 6.04 Å². The largest absolute Gasteiger partial charge is 0.383 e. The summed E-state index contributed by atoms with van der Waals surface area (Å²) in [6.07, 6.45) is 1.57. The molecule has 1 amide bonds. The van der Waals surface area contributed by atoms with E-state index in [1.165, 1.54) is 6.07 Å². The Bertz CT molecular complexity index is 1300. The fourth-order valence-corrected chi connectivity index (χ4v) is 5.33. The fraction of sp³-hybridized carbons (Fsp3) is 0.520. The van der Waals surface area contributed by atoms with Crippen LogP contribution in [0, 0.1) is 5.82 Å². The first-order valence-electron chi connectivity index (χ1n) is 12.3. The number of benzene rings is 1. The number of aromatic nitrogens is 4. The van der Waals surface area contributed by atoms with Crippen LogP contribution in [0.25, 0.3) is 22.3 Å². The molecule has 1 aliphatic heterocycles. The van der Waals surface area contributed by atoms with Crippen LogP contribution in [0.1, 0.15) is 18.5 Å². The third-order valence-electron chi connectivity index (χ3n) is 6.29. The zero-order valence-corrected chi connectivity index (χ0v) is 23.9. The van der Waals surface area contributed by atoms with Gasteiger partial charge in [0.1, 0.15) is 29.9 Å². The molecule has 12 heteroatoms. The molecule has 200 valence electrons. The molecule has 9 nitrogen and oxygen atoms in total. The van der Waals surface area contributed by atoms with Crippen LogP contribution >= 0.6 is 11.6 Å². The monoisotopic (exact) mass is 548 g/mol. The van der Waals surface area contributed by atoms with E-state index < -0.39 is 19.8 Å². The summed E-state index contributed by atoms with van der Waals surface area (Å²) >= 11 is 6.06. The Balaban J connectivity index is 1.68. The zero-order chi connectivity index (χ0) is 26.9. The van der Waals surface area contributed by atoms with E-state index in [1.807, 2.05) is 11.8 Å². The Morgan fingerprint density at radius 1 is 1.35 bits per heavy atom. The second-order valence-electron chi connectivity index (χ2n) is 10.7. The molecule has 1 aromatic carbocycles. The smallest absolute Gasteiger partial charge is 0.231 e. The highest BCUT2D eigenvalue weighted by Crippen LogP contribution is 2.37. The zero-order valence-electron chi connectivity index (χ0n) is 22.1. The van der Waals surface area contributed by atoms with Crippen LogP contribution in [0.4, 0.5) is 10.2 Å². The number of nitrogens with zero attached hydrogens (tertiary/aromatic N) is 5. The summed E-state index contributed by atoms with van der Waals surface area (Å²) in [6, 6.07) is 3.78. The van der Waals surface area contributed by atoms with Crippen molar-refractivity contribution in [1.82, 2.24) is 25.1 Å². The van der Waals surface area contributed by atoms with Gasteiger partial charge in [-0.25, -0.2) is 14.4 Å². The number of rotatable bonds is 10. The summed E-state index contributed by atoms with van der Waals surface area (Å²) in [5.74, 6) is -0.657. The molecule has 1 unspecified atom stereocenters. The molecule has 1 aliphatic rings. The SMILES string of the molecule is COC[C@H](C)NC(=O)C1CN(COCC[Si](C)(C)C)c2ncc(-c3nn(C)c4cc(Cl)cc(F)c34)nc21. The number of methoxy groups -OCH3 is 1. The molecule has 3 heterocycles. The molecule has 0 spiro atoms. The average molecular weight is 549 g/mol. The number of amides is 1. The molecular formula is C25H34ClFN6O3Si. The minimum absolute atomic E-state index is 0.169. The van der Waals surface area contributed by atoms with Crippen LogP contribution in [0.5, 0.6) is 0 Å². The fourth-order valence-electron chi connectivity index (χ4n) is 4.37. The summed E-state index contributed by atoms with van der Waals surface area (Å²) in [6.45, 7) is 10.5. The standard InChI is InChI=1S/C25H34ClFN6O3Si/c1-15(13-35-3)29-25(34)17-12-33(14-36-7-8-37(4,5)6)24-22(17)30-19(11-28-24)23-21-18(27)9-16(26)10-20(21)32(2)31-23/h9-11,15,17H,7-8,12-14H2,1-6H3,(H,29,34)/t15-,17?/m0/s1. The maximum atomic E-state index is 14.9. The van der Waals surface area contributed by atoms with Gasteiger partial charge in [0, 0.05) is 46.4 Å². The van der Waals surface area contributed by atoms with Crippen LogP contribution in [0.3, 0.4) is 0 Å². The van der Waals surface area contributed by atoms with Crippen molar-refractivity contribution in [2.24, 2.45) is 7.05 Å². The Morgan fingerprint density at radius 3 is 2.81 bits per heavy atom. The quantitative estimate of drug-likeness (QED) is 0.300. The number of aryl methyl sites for hydroxylation is 1. The van der Waals surface area contributed by atoms with Gasteiger partial charge in [0.25, 0.3) is 0 Å². The van der Waals surface area contributed by atoms with Crippen LogP contribution in [0.15, 0.2) is 18.3 Å². The Labute approximate surface area is 222 Å². The number of anilines is 1. The number of halogens is 2. The lowest BCUT2D eigenvalue weighted by Gasteiger charge is -2.21. The van der Waals surface area contributed by atoms with E-state index >= 15 is 0 Å². The highest BCUT2D eigenvalue weighted by atomic mass is 35.5. The second kappa shape index (κ2) is 11.0. The predicted molar refractivity (Wildman–Crippen MR) is 145 cm³/mol. The van der Waals surface area contributed by atoms with Gasteiger partial charge in [-0.2, -0.15) is 5.10 Å². The molecule has 0 saturated carbocycles. The molecule has 0 saturated heterocycles. The lowest BCUT2D eigenvalue weighted by atomic mass is 10.1. The molecule has 2 aromatic heterocycles. The molecular weight excluding hydrogens is 515 g/mol. The molecule has 2 atom stereocenters. The highest BCUT2D eigenvalue weighted by molar-refractivity contribution is 6.76. The molecule has 0 radical (unpaired) electrons. The topological polar surface area (TPSA) is 94.4 Å². The summed E-state index contributed by atoms with van der Waals surface area (Å²) in [4.78, 5) is 24.6. The van der Waals surface area contributed by atoms with E-state index in [1.54, 1.807) is 31.1 Å². The number of fused-ring (bicyclic) bond motifs is 2. The van der Waals surface area contributed by atoms with Gasteiger partial charge in [-0.15, -0.1) is 0 Å². The number of carbonyl (C=O) groups is 1. The van der Waals surface area contributed by atoms with Gasteiger partial charge in [-0.3, -0.25) is 9.48 Å². The molecule has 0 bridgehead atoms. The van der Waals surface area contributed by atoms with Crippen molar-refractivity contribution in [2.75, 3.05) is 38.5 Å². The number of ether oxygens (including phenoxy) is 2. The second-order valence-corrected chi connectivity index (χ2v) is 16.8. The molecule has 1 N–H and O–H groups in total. The minimum atomic E-state index is -1.23. The van der Waals surface area contributed by atoms with Crippen molar-refractivity contribution in [1.29, 1.82) is 0 Å². The lowest BCUT2D eigenvalue weighted by Crippen LogP contribution is -2.40. The minimum Gasteiger partial charge on any atom is -0.383 e. The van der Waals surface area contributed by atoms with Gasteiger partial charge in [0.15, 0.2) is 5.82 Å². The first-order chi connectivity index (χ1) is 17.5. The number of carbonyl (C=O) groups excluding carboxylic acids is 1. The van der Waals surface area contributed by atoms with E-state index in [4.69, 9.17) is 26.1 Å². The van der Waals surface area contributed by atoms with E-state index in [2.05, 4.69) is 35.0 Å². The maximum Gasteiger partial charge on any atom is 0.231 e. The predicted octanol–water partition coefficient (Wildman–Crippen LogP) is 4.19. The van der Waals surface area contributed by atoms with Gasteiger partial charge in [-0.05, 0) is 25.1 Å². The van der Waals surface area contributed by atoms with Crippen molar-refractivity contribution in [3.05, 3.63) is 34.9 Å². The van der Waals surface area contributed by atoms with Crippen LogP contribution in [0.2, 0.25) is 30.7 Å². The normalized spacial score (nSPS) is 16.3. The van der Waals surface area contributed by atoms with Gasteiger partial charge in [0.2, 0.25) is 5.91 Å². The first-order valence-corrected chi connectivity index (χ1v) is 16.4. The van der Waals surface area contributed by atoms with Crippen LogP contribution in [-0.4, -0.2) is 73.4 Å². The first kappa shape index (κ1) is 27.4. The van der Waals surface area contributed by atoms with Gasteiger partial charge < -0.3 is 19.7 Å². The number of hydrogen-bond acceptors (Lipinski definition) is 7. The van der Waals surface area contributed by atoms with Crippen LogP contribution < -0.4 is 10.2 Å². The van der Waals surface area contributed by atoms with Gasteiger partial charge in [0.05, 0.1) is 29.4 Å². The van der Waals surface area contributed by atoms with E-state index in [9.17, 15) is 9.18 Å². The summed E-state index contributed by atoms with van der Waals surface area (Å²) in [5.41, 5.74) is 1.79.